The summed E-state index contributed by atoms with van der Waals surface area (Å²) in [5.41, 5.74) is 3.06. The van der Waals surface area contributed by atoms with Crippen LogP contribution >= 0.6 is 19.4 Å². The lowest BCUT2D eigenvalue weighted by atomic mass is 9.81. The van der Waals surface area contributed by atoms with Gasteiger partial charge in [-0.05, 0) is 46.6 Å². The van der Waals surface area contributed by atoms with Gasteiger partial charge < -0.3 is 9.30 Å². The Bertz CT molecular complexity index is 1310. The Morgan fingerprint density at radius 3 is 1.94 bits per heavy atom. The number of ketones is 1. The molecule has 0 aliphatic heterocycles. The molecule has 36 heavy (non-hydrogen) atoms. The summed E-state index contributed by atoms with van der Waals surface area (Å²) in [6, 6.07) is 16.0. The fourth-order valence-electron chi connectivity index (χ4n) is 4.60. The Morgan fingerprint density at radius 2 is 1.42 bits per heavy atom. The smallest absolute Gasteiger partial charge is 0.228 e. The van der Waals surface area contributed by atoms with E-state index in [9.17, 15) is 14.2 Å². The molecule has 0 heterocycles. The zero-order chi connectivity index (χ0) is 26.7. The van der Waals surface area contributed by atoms with Crippen LogP contribution in [0.3, 0.4) is 0 Å². The number of carbonyl (C=O) groups excluding carboxylic acids is 2. The van der Waals surface area contributed by atoms with Crippen LogP contribution in [0.5, 0.6) is 5.75 Å². The summed E-state index contributed by atoms with van der Waals surface area (Å²) in [7, 11) is -1.63. The van der Waals surface area contributed by atoms with Gasteiger partial charge in [0, 0.05) is 16.4 Å². The second-order valence-corrected chi connectivity index (χ2v) is 11.9. The van der Waals surface area contributed by atoms with E-state index in [4.69, 9.17) is 16.3 Å². The van der Waals surface area contributed by atoms with Crippen LogP contribution in [-0.2, 0) is 4.57 Å². The quantitative estimate of drug-likeness (QED) is 0.210. The van der Waals surface area contributed by atoms with Gasteiger partial charge in [-0.3, -0.25) is 9.59 Å². The van der Waals surface area contributed by atoms with Crippen LogP contribution in [0.1, 0.15) is 102 Å². The Hall–Kier alpha value is -2.68. The van der Waals surface area contributed by atoms with Crippen molar-refractivity contribution in [2.45, 2.75) is 59.3 Å². The number of hydrogen-bond donors (Lipinski definition) is 0. The highest BCUT2D eigenvalue weighted by molar-refractivity contribution is 7.71. The first-order valence-electron chi connectivity index (χ1n) is 12.2. The number of methoxy groups -OCH3 is 1. The minimum absolute atomic E-state index is 0.00855. The third-order valence-corrected chi connectivity index (χ3v) is 8.36. The second kappa shape index (κ2) is 11.6. The highest BCUT2D eigenvalue weighted by atomic mass is 35.5. The van der Waals surface area contributed by atoms with Gasteiger partial charge >= 0.3 is 0 Å². The molecule has 0 radical (unpaired) electrons. The van der Waals surface area contributed by atoms with Gasteiger partial charge in [0.2, 0.25) is 5.52 Å². The Balaban J connectivity index is 2.40. The summed E-state index contributed by atoms with van der Waals surface area (Å²) in [6.07, 6.45) is 0. The van der Waals surface area contributed by atoms with Crippen molar-refractivity contribution in [1.82, 2.24) is 0 Å². The molecule has 0 aliphatic rings. The van der Waals surface area contributed by atoms with E-state index in [2.05, 4.69) is 0 Å². The molecule has 6 heteroatoms. The average molecular weight is 525 g/mol. The summed E-state index contributed by atoms with van der Waals surface area (Å²) < 4.78 is 19.6. The van der Waals surface area contributed by atoms with E-state index in [0.717, 1.165) is 11.1 Å². The molecule has 0 N–H and O–H groups in total. The zero-order valence-electron chi connectivity index (χ0n) is 21.9. The molecule has 190 valence electrons. The predicted molar refractivity (Wildman–Crippen MR) is 150 cm³/mol. The van der Waals surface area contributed by atoms with E-state index in [1.54, 1.807) is 30.3 Å². The van der Waals surface area contributed by atoms with Crippen LogP contribution in [0.2, 0.25) is 5.02 Å². The van der Waals surface area contributed by atoms with E-state index in [1.807, 2.05) is 65.8 Å². The fourth-order valence-corrected chi connectivity index (χ4v) is 6.92. The minimum Gasteiger partial charge on any atom is -0.496 e. The lowest BCUT2D eigenvalue weighted by molar-refractivity contribution is 0.103. The molecule has 0 amide bonds. The van der Waals surface area contributed by atoms with Gasteiger partial charge in [-0.25, -0.2) is 0 Å². The molecule has 0 saturated carbocycles. The van der Waals surface area contributed by atoms with Crippen molar-refractivity contribution in [2.24, 2.45) is 0 Å². The number of rotatable bonds is 9. The van der Waals surface area contributed by atoms with Crippen LogP contribution in [0.15, 0.2) is 54.6 Å². The number of hydrogen-bond acceptors (Lipinski definition) is 4. The molecule has 0 saturated heterocycles. The lowest BCUT2D eigenvalue weighted by Gasteiger charge is -2.27. The van der Waals surface area contributed by atoms with Crippen molar-refractivity contribution in [3.63, 3.8) is 0 Å². The summed E-state index contributed by atoms with van der Waals surface area (Å²) in [5, 5.41) is 0.662. The molecule has 1 unspecified atom stereocenters. The standard InChI is InChI=1S/C30H34ClO4P/c1-17(2)21-16-22(18(3)4)29(36(34)30(33)27-23(31)14-11-15-24(27)35-7)25(19(5)6)26(21)28(32)20-12-9-8-10-13-20/h8-19,36H,1-7H3. The Kier molecular flexibility index (Phi) is 8.98. The second-order valence-electron chi connectivity index (χ2n) is 9.85. The summed E-state index contributed by atoms with van der Waals surface area (Å²) >= 11 is 6.39. The van der Waals surface area contributed by atoms with Gasteiger partial charge in [0.05, 0.1) is 17.7 Å². The highest BCUT2D eigenvalue weighted by Crippen LogP contribution is 2.42. The van der Waals surface area contributed by atoms with Gasteiger partial charge in [0.25, 0.3) is 0 Å². The summed E-state index contributed by atoms with van der Waals surface area (Å²) in [6.45, 7) is 12.1. The normalized spacial score (nSPS) is 12.3. The van der Waals surface area contributed by atoms with Crippen molar-refractivity contribution in [2.75, 3.05) is 7.11 Å². The van der Waals surface area contributed by atoms with Gasteiger partial charge in [-0.15, -0.1) is 0 Å². The van der Waals surface area contributed by atoms with Crippen LogP contribution in [0, 0.1) is 0 Å². The van der Waals surface area contributed by atoms with Crippen molar-refractivity contribution in [3.05, 3.63) is 93.0 Å². The number of halogens is 1. The fraction of sp³-hybridized carbons (Fsp3) is 0.333. The Morgan fingerprint density at radius 1 is 0.806 bits per heavy atom. The van der Waals surface area contributed by atoms with E-state index in [-0.39, 0.29) is 39.9 Å². The third-order valence-electron chi connectivity index (χ3n) is 6.37. The first-order valence-corrected chi connectivity index (χ1v) is 14.0. The van der Waals surface area contributed by atoms with E-state index in [0.29, 0.717) is 22.0 Å². The van der Waals surface area contributed by atoms with Crippen LogP contribution in [0.4, 0.5) is 0 Å². The lowest BCUT2D eigenvalue weighted by Crippen LogP contribution is -2.25. The molecular weight excluding hydrogens is 491 g/mol. The first-order chi connectivity index (χ1) is 17.0. The van der Waals surface area contributed by atoms with E-state index in [1.165, 1.54) is 7.11 Å². The third kappa shape index (κ3) is 5.36. The molecule has 4 nitrogen and oxygen atoms in total. The van der Waals surface area contributed by atoms with Crippen molar-refractivity contribution < 1.29 is 18.9 Å². The van der Waals surface area contributed by atoms with E-state index < -0.39 is 13.3 Å². The maximum Gasteiger partial charge on any atom is 0.228 e. The minimum atomic E-state index is -3.08. The van der Waals surface area contributed by atoms with Crippen molar-refractivity contribution in [1.29, 1.82) is 0 Å². The molecule has 1 atom stereocenters. The van der Waals surface area contributed by atoms with Crippen molar-refractivity contribution >= 4 is 36.0 Å². The zero-order valence-corrected chi connectivity index (χ0v) is 23.7. The summed E-state index contributed by atoms with van der Waals surface area (Å²) in [4.78, 5) is 27.7. The average Bonchev–Trinajstić information content (AvgIpc) is 2.86. The largest absolute Gasteiger partial charge is 0.496 e. The molecular formula is C30H34ClO4P. The summed E-state index contributed by atoms with van der Waals surface area (Å²) in [5.74, 6) is 0.0532. The molecule has 0 aliphatic carbocycles. The van der Waals surface area contributed by atoms with Gasteiger partial charge in [0.15, 0.2) is 13.6 Å². The maximum atomic E-state index is 14.2. The molecule has 0 bridgehead atoms. The van der Waals surface area contributed by atoms with E-state index >= 15 is 0 Å². The monoisotopic (exact) mass is 524 g/mol. The van der Waals surface area contributed by atoms with Crippen LogP contribution in [0.25, 0.3) is 0 Å². The number of ether oxygens (including phenoxy) is 1. The molecule has 3 aromatic rings. The van der Waals surface area contributed by atoms with Crippen LogP contribution < -0.4 is 10.0 Å². The number of benzene rings is 3. The molecule has 0 fully saturated rings. The molecule has 0 spiro atoms. The van der Waals surface area contributed by atoms with Gasteiger partial charge in [0.1, 0.15) is 5.75 Å². The predicted octanol–water partition coefficient (Wildman–Crippen LogP) is 7.98. The first kappa shape index (κ1) is 27.9. The SMILES string of the molecule is COc1cccc(Cl)c1C(=O)[PH](=O)c1c(C(C)C)cc(C(C)C)c(C(=O)c2ccccc2)c1C(C)C. The number of carbonyl (C=O) groups is 2. The molecule has 3 rings (SSSR count). The van der Waals surface area contributed by atoms with Crippen molar-refractivity contribution in [3.8, 4) is 5.75 Å². The molecule has 3 aromatic carbocycles. The molecule has 0 aromatic heterocycles. The maximum absolute atomic E-state index is 14.2. The topological polar surface area (TPSA) is 60.4 Å². The van der Waals surface area contributed by atoms with Gasteiger partial charge in [-0.1, -0.05) is 95.6 Å². The van der Waals surface area contributed by atoms with Crippen LogP contribution in [-0.4, -0.2) is 18.4 Å². The Labute approximate surface area is 219 Å². The van der Waals surface area contributed by atoms with Gasteiger partial charge in [-0.2, -0.15) is 0 Å². The highest BCUT2D eigenvalue weighted by Gasteiger charge is 2.33.